The zero-order chi connectivity index (χ0) is 21.8. The molecule has 3 aromatic rings. The van der Waals surface area contributed by atoms with E-state index < -0.39 is 0 Å². The Kier molecular flexibility index (Phi) is 6.18. The molecule has 1 saturated heterocycles. The van der Waals surface area contributed by atoms with Crippen molar-refractivity contribution in [1.82, 2.24) is 19.6 Å². The molecule has 1 aromatic carbocycles. The number of carbonyl (C=O) groups is 2. The average molecular weight is 422 g/mol. The highest BCUT2D eigenvalue weighted by atomic mass is 16.5. The molecule has 3 heterocycles. The summed E-state index contributed by atoms with van der Waals surface area (Å²) in [4.78, 5) is 30.1. The van der Waals surface area contributed by atoms with Crippen LogP contribution in [0.25, 0.3) is 5.65 Å². The zero-order valence-corrected chi connectivity index (χ0v) is 17.6. The molecule has 0 spiro atoms. The van der Waals surface area contributed by atoms with Crippen LogP contribution in [0.3, 0.4) is 0 Å². The predicted octanol–water partition coefficient (Wildman–Crippen LogP) is 1.90. The van der Waals surface area contributed by atoms with Gasteiger partial charge in [0.2, 0.25) is 5.91 Å². The fourth-order valence-electron chi connectivity index (χ4n) is 3.81. The number of primary amides is 1. The van der Waals surface area contributed by atoms with Crippen LogP contribution in [0.1, 0.15) is 34.5 Å². The van der Waals surface area contributed by atoms with Crippen LogP contribution in [-0.2, 0) is 11.4 Å². The van der Waals surface area contributed by atoms with Gasteiger partial charge in [0.15, 0.2) is 0 Å². The van der Waals surface area contributed by atoms with Crippen LogP contribution in [0, 0.1) is 6.92 Å². The van der Waals surface area contributed by atoms with Gasteiger partial charge in [-0.15, -0.1) is 0 Å². The Morgan fingerprint density at radius 1 is 1.13 bits per heavy atom. The van der Waals surface area contributed by atoms with E-state index in [0.717, 1.165) is 37.3 Å². The molecule has 8 nitrogen and oxygen atoms in total. The first-order chi connectivity index (χ1) is 15.0. The third-order valence-corrected chi connectivity index (χ3v) is 5.45. The smallest absolute Gasteiger partial charge is 0.251 e. The minimum absolute atomic E-state index is 0.101. The Morgan fingerprint density at radius 2 is 1.87 bits per heavy atom. The van der Waals surface area contributed by atoms with Crippen LogP contribution in [0.2, 0.25) is 0 Å². The first-order valence-electron chi connectivity index (χ1n) is 10.4. The molecule has 31 heavy (non-hydrogen) atoms. The maximum absolute atomic E-state index is 12.5. The number of rotatable bonds is 7. The van der Waals surface area contributed by atoms with Crippen LogP contribution in [-0.4, -0.2) is 51.8 Å². The third-order valence-electron chi connectivity index (χ3n) is 5.45. The number of aromatic nitrogens is 2. The van der Waals surface area contributed by atoms with E-state index in [0.29, 0.717) is 17.9 Å². The van der Waals surface area contributed by atoms with E-state index in [1.165, 1.54) is 5.56 Å². The number of pyridine rings is 1. The van der Waals surface area contributed by atoms with Gasteiger partial charge in [0.05, 0.1) is 12.2 Å². The number of hydrogen-bond acceptors (Lipinski definition) is 5. The molecule has 3 N–H and O–H groups in total. The second-order valence-corrected chi connectivity index (χ2v) is 8.01. The van der Waals surface area contributed by atoms with E-state index in [1.54, 1.807) is 24.3 Å². The number of hydrogen-bond donors (Lipinski definition) is 2. The topological polar surface area (TPSA) is 102 Å². The van der Waals surface area contributed by atoms with Crippen LogP contribution in [0.5, 0.6) is 5.75 Å². The van der Waals surface area contributed by atoms with Gasteiger partial charge < -0.3 is 20.2 Å². The number of amides is 2. The van der Waals surface area contributed by atoms with Gasteiger partial charge in [0, 0.05) is 37.1 Å². The molecule has 1 aliphatic heterocycles. The van der Waals surface area contributed by atoms with E-state index in [-0.39, 0.29) is 24.4 Å². The fourth-order valence-corrected chi connectivity index (χ4v) is 3.81. The maximum atomic E-state index is 12.5. The van der Waals surface area contributed by atoms with E-state index >= 15 is 0 Å². The number of likely N-dealkylation sites (tertiary alicyclic amines) is 1. The SMILES string of the molecule is Cc1ccc2nc(COc3ccc(C(=O)NC4CCN(CC(N)=O)CC4)cc3)cn2c1. The van der Waals surface area contributed by atoms with Crippen molar-refractivity contribution in [2.75, 3.05) is 19.6 Å². The van der Waals surface area contributed by atoms with E-state index in [9.17, 15) is 9.59 Å². The highest BCUT2D eigenvalue weighted by Gasteiger charge is 2.21. The summed E-state index contributed by atoms with van der Waals surface area (Å²) >= 11 is 0. The minimum atomic E-state index is -0.318. The predicted molar refractivity (Wildman–Crippen MR) is 117 cm³/mol. The summed E-state index contributed by atoms with van der Waals surface area (Å²) in [5, 5.41) is 3.07. The summed E-state index contributed by atoms with van der Waals surface area (Å²) in [7, 11) is 0. The molecule has 1 fully saturated rings. The number of benzene rings is 1. The molecular weight excluding hydrogens is 394 g/mol. The van der Waals surface area contributed by atoms with Crippen LogP contribution in [0.15, 0.2) is 48.8 Å². The Hall–Kier alpha value is -3.39. The molecule has 0 saturated carbocycles. The number of aryl methyl sites for hydroxylation is 1. The summed E-state index contributed by atoms with van der Waals surface area (Å²) in [5.41, 5.74) is 8.73. The first-order valence-corrected chi connectivity index (χ1v) is 10.4. The van der Waals surface area contributed by atoms with Crippen molar-refractivity contribution in [3.05, 3.63) is 65.6 Å². The molecular formula is C23H27N5O3. The van der Waals surface area contributed by atoms with Gasteiger partial charge >= 0.3 is 0 Å². The van der Waals surface area contributed by atoms with Crippen molar-refractivity contribution in [3.8, 4) is 5.75 Å². The van der Waals surface area contributed by atoms with E-state index in [4.69, 9.17) is 10.5 Å². The standard InChI is InChI=1S/C23H27N5O3/c1-16-2-7-22-25-19(13-28(22)12-16)15-31-20-5-3-17(4-6-20)23(30)26-18-8-10-27(11-9-18)14-21(24)29/h2-7,12-13,18H,8-11,14-15H2,1H3,(H2,24,29)(H,26,30). The minimum Gasteiger partial charge on any atom is -0.487 e. The molecule has 0 aliphatic carbocycles. The number of ether oxygens (including phenoxy) is 1. The Bertz CT molecular complexity index is 1070. The lowest BCUT2D eigenvalue weighted by atomic mass is 10.0. The van der Waals surface area contributed by atoms with Crippen molar-refractivity contribution in [2.45, 2.75) is 32.4 Å². The normalized spacial score (nSPS) is 15.1. The van der Waals surface area contributed by atoms with Gasteiger partial charge in [-0.05, 0) is 55.7 Å². The second kappa shape index (κ2) is 9.18. The van der Waals surface area contributed by atoms with Crippen molar-refractivity contribution >= 4 is 17.5 Å². The molecule has 2 amide bonds. The average Bonchev–Trinajstić information content (AvgIpc) is 3.15. The number of imidazole rings is 1. The number of piperidine rings is 1. The van der Waals surface area contributed by atoms with Gasteiger partial charge in [0.25, 0.3) is 5.91 Å². The van der Waals surface area contributed by atoms with Crippen LogP contribution >= 0.6 is 0 Å². The summed E-state index contributed by atoms with van der Waals surface area (Å²) < 4.78 is 7.82. The highest BCUT2D eigenvalue weighted by Crippen LogP contribution is 2.16. The molecule has 0 unspecified atom stereocenters. The number of carbonyl (C=O) groups excluding carboxylic acids is 2. The summed E-state index contributed by atoms with van der Waals surface area (Å²) in [6.07, 6.45) is 5.59. The fraction of sp³-hybridized carbons (Fsp3) is 0.348. The number of fused-ring (bicyclic) bond motifs is 1. The molecule has 162 valence electrons. The van der Waals surface area contributed by atoms with Crippen LogP contribution in [0.4, 0.5) is 0 Å². The van der Waals surface area contributed by atoms with E-state index in [1.807, 2.05) is 40.8 Å². The number of nitrogens with zero attached hydrogens (tertiary/aromatic N) is 3. The third kappa shape index (κ3) is 5.40. The van der Waals surface area contributed by atoms with Crippen molar-refractivity contribution in [1.29, 1.82) is 0 Å². The van der Waals surface area contributed by atoms with Gasteiger partial charge in [-0.3, -0.25) is 14.5 Å². The molecule has 1 aliphatic rings. The molecule has 8 heteroatoms. The van der Waals surface area contributed by atoms with Crippen molar-refractivity contribution in [3.63, 3.8) is 0 Å². The second-order valence-electron chi connectivity index (χ2n) is 8.01. The summed E-state index contributed by atoms with van der Waals surface area (Å²) in [5.74, 6) is 0.265. The zero-order valence-electron chi connectivity index (χ0n) is 17.6. The molecule has 0 radical (unpaired) electrons. The lowest BCUT2D eigenvalue weighted by Gasteiger charge is -2.31. The van der Waals surface area contributed by atoms with Gasteiger partial charge in [0.1, 0.15) is 18.0 Å². The molecule has 0 bridgehead atoms. The molecule has 4 rings (SSSR count). The van der Waals surface area contributed by atoms with Gasteiger partial charge in [-0.1, -0.05) is 6.07 Å². The monoisotopic (exact) mass is 421 g/mol. The highest BCUT2D eigenvalue weighted by molar-refractivity contribution is 5.94. The largest absolute Gasteiger partial charge is 0.487 e. The summed E-state index contributed by atoms with van der Waals surface area (Å²) in [6.45, 7) is 4.18. The Morgan fingerprint density at radius 3 is 2.58 bits per heavy atom. The van der Waals surface area contributed by atoms with Crippen molar-refractivity contribution < 1.29 is 14.3 Å². The van der Waals surface area contributed by atoms with Crippen LogP contribution < -0.4 is 15.8 Å². The number of nitrogens with two attached hydrogens (primary N) is 1. The lowest BCUT2D eigenvalue weighted by Crippen LogP contribution is -2.46. The number of nitrogens with one attached hydrogen (secondary N) is 1. The molecule has 0 atom stereocenters. The van der Waals surface area contributed by atoms with Gasteiger partial charge in [-0.25, -0.2) is 4.98 Å². The maximum Gasteiger partial charge on any atom is 0.251 e. The van der Waals surface area contributed by atoms with Gasteiger partial charge in [-0.2, -0.15) is 0 Å². The Labute approximate surface area is 181 Å². The lowest BCUT2D eigenvalue weighted by molar-refractivity contribution is -0.119. The molecule has 2 aromatic heterocycles. The van der Waals surface area contributed by atoms with Crippen molar-refractivity contribution in [2.24, 2.45) is 5.73 Å². The Balaban J connectivity index is 1.27. The summed E-state index contributed by atoms with van der Waals surface area (Å²) in [6, 6.07) is 11.2. The first kappa shape index (κ1) is 20.9. The quantitative estimate of drug-likeness (QED) is 0.607. The van der Waals surface area contributed by atoms with E-state index in [2.05, 4.69) is 10.3 Å².